The second-order valence-electron chi connectivity index (χ2n) is 5.59. The number of nitrogens with zero attached hydrogens (tertiary/aromatic N) is 1. The van der Waals surface area contributed by atoms with Crippen molar-refractivity contribution >= 4 is 17.4 Å². The van der Waals surface area contributed by atoms with E-state index in [2.05, 4.69) is 27.8 Å². The van der Waals surface area contributed by atoms with Gasteiger partial charge in [-0.2, -0.15) is 0 Å². The highest BCUT2D eigenvalue weighted by Crippen LogP contribution is 2.13. The first-order valence-corrected chi connectivity index (χ1v) is 7.82. The Hall–Kier alpha value is -3.14. The van der Waals surface area contributed by atoms with Gasteiger partial charge >= 0.3 is 0 Å². The lowest BCUT2D eigenvalue weighted by molar-refractivity contribution is 0.102. The van der Waals surface area contributed by atoms with E-state index in [1.54, 1.807) is 12.3 Å². The SMILES string of the molecule is Cc1cccc(NC(=O)c2ccc(NCc3ccccc3)nc2)c1. The van der Waals surface area contributed by atoms with Crippen LogP contribution >= 0.6 is 0 Å². The summed E-state index contributed by atoms with van der Waals surface area (Å²) in [5, 5.41) is 6.12. The Morgan fingerprint density at radius 3 is 2.54 bits per heavy atom. The molecule has 1 amide bonds. The number of carbonyl (C=O) groups is 1. The molecule has 1 heterocycles. The van der Waals surface area contributed by atoms with E-state index in [-0.39, 0.29) is 5.91 Å². The number of hydrogen-bond donors (Lipinski definition) is 2. The molecular formula is C20H19N3O. The molecule has 24 heavy (non-hydrogen) atoms. The van der Waals surface area contributed by atoms with Crippen LogP contribution in [0.1, 0.15) is 21.5 Å². The lowest BCUT2D eigenvalue weighted by Crippen LogP contribution is -2.12. The summed E-state index contributed by atoms with van der Waals surface area (Å²) >= 11 is 0. The van der Waals surface area contributed by atoms with Crippen LogP contribution in [0.5, 0.6) is 0 Å². The van der Waals surface area contributed by atoms with Gasteiger partial charge in [0.2, 0.25) is 0 Å². The van der Waals surface area contributed by atoms with Crippen LogP contribution < -0.4 is 10.6 Å². The number of anilines is 2. The fourth-order valence-electron chi connectivity index (χ4n) is 2.35. The molecule has 0 saturated heterocycles. The van der Waals surface area contributed by atoms with E-state index in [0.29, 0.717) is 12.1 Å². The summed E-state index contributed by atoms with van der Waals surface area (Å²) in [5.74, 6) is 0.577. The third-order valence-corrected chi connectivity index (χ3v) is 3.62. The van der Waals surface area contributed by atoms with Crippen LogP contribution in [0.3, 0.4) is 0 Å². The van der Waals surface area contributed by atoms with Crippen LogP contribution in [-0.4, -0.2) is 10.9 Å². The Morgan fingerprint density at radius 1 is 1.00 bits per heavy atom. The highest BCUT2D eigenvalue weighted by atomic mass is 16.1. The molecular weight excluding hydrogens is 298 g/mol. The lowest BCUT2D eigenvalue weighted by Gasteiger charge is -2.08. The average Bonchev–Trinajstić information content (AvgIpc) is 2.61. The molecule has 4 nitrogen and oxygen atoms in total. The fraction of sp³-hybridized carbons (Fsp3) is 0.100. The summed E-state index contributed by atoms with van der Waals surface area (Å²) in [5.41, 5.74) is 3.60. The highest BCUT2D eigenvalue weighted by molar-refractivity contribution is 6.04. The van der Waals surface area contributed by atoms with Crippen LogP contribution in [-0.2, 0) is 6.54 Å². The maximum Gasteiger partial charge on any atom is 0.257 e. The summed E-state index contributed by atoms with van der Waals surface area (Å²) in [7, 11) is 0. The molecule has 120 valence electrons. The Kier molecular flexibility index (Phi) is 4.87. The molecule has 0 unspecified atom stereocenters. The molecule has 0 atom stereocenters. The number of benzene rings is 2. The standard InChI is InChI=1S/C20H19N3O/c1-15-6-5-9-18(12-15)23-20(24)17-10-11-19(22-14-17)21-13-16-7-3-2-4-8-16/h2-12,14H,13H2,1H3,(H,21,22)(H,23,24). The van der Waals surface area contributed by atoms with Gasteiger partial charge in [-0.3, -0.25) is 4.79 Å². The molecule has 0 bridgehead atoms. The number of rotatable bonds is 5. The molecule has 0 saturated carbocycles. The van der Waals surface area contributed by atoms with Gasteiger partial charge in [-0.05, 0) is 42.3 Å². The van der Waals surface area contributed by atoms with E-state index in [1.165, 1.54) is 5.56 Å². The van der Waals surface area contributed by atoms with Crippen molar-refractivity contribution in [1.29, 1.82) is 0 Å². The molecule has 3 rings (SSSR count). The van der Waals surface area contributed by atoms with Gasteiger partial charge in [0, 0.05) is 18.4 Å². The third kappa shape index (κ3) is 4.20. The van der Waals surface area contributed by atoms with Crippen molar-refractivity contribution in [3.63, 3.8) is 0 Å². The van der Waals surface area contributed by atoms with Gasteiger partial charge in [0.15, 0.2) is 0 Å². The van der Waals surface area contributed by atoms with Gasteiger partial charge in [0.05, 0.1) is 5.56 Å². The number of nitrogens with one attached hydrogen (secondary N) is 2. The monoisotopic (exact) mass is 317 g/mol. The van der Waals surface area contributed by atoms with Gasteiger partial charge in [-0.15, -0.1) is 0 Å². The summed E-state index contributed by atoms with van der Waals surface area (Å²) in [6.45, 7) is 2.69. The lowest BCUT2D eigenvalue weighted by atomic mass is 10.2. The van der Waals surface area contributed by atoms with Gasteiger partial charge in [-0.25, -0.2) is 4.98 Å². The van der Waals surface area contributed by atoms with Crippen molar-refractivity contribution in [2.75, 3.05) is 10.6 Å². The summed E-state index contributed by atoms with van der Waals surface area (Å²) in [6.07, 6.45) is 1.58. The zero-order chi connectivity index (χ0) is 16.8. The first kappa shape index (κ1) is 15.7. The van der Waals surface area contributed by atoms with Crippen LogP contribution in [0.15, 0.2) is 72.9 Å². The number of carbonyl (C=O) groups excluding carboxylic acids is 1. The van der Waals surface area contributed by atoms with Crippen LogP contribution in [0.25, 0.3) is 0 Å². The molecule has 2 aromatic carbocycles. The summed E-state index contributed by atoms with van der Waals surface area (Å²) in [4.78, 5) is 16.5. The second kappa shape index (κ2) is 7.42. The number of hydrogen-bond acceptors (Lipinski definition) is 3. The summed E-state index contributed by atoms with van der Waals surface area (Å²) < 4.78 is 0. The third-order valence-electron chi connectivity index (χ3n) is 3.62. The van der Waals surface area contributed by atoms with E-state index in [9.17, 15) is 4.79 Å². The maximum atomic E-state index is 12.2. The Balaban J connectivity index is 1.60. The molecule has 0 radical (unpaired) electrons. The predicted molar refractivity (Wildman–Crippen MR) is 97.1 cm³/mol. The predicted octanol–water partition coefficient (Wildman–Crippen LogP) is 4.25. The maximum absolute atomic E-state index is 12.2. The van der Waals surface area contributed by atoms with Gasteiger partial charge < -0.3 is 10.6 Å². The molecule has 0 spiro atoms. The minimum Gasteiger partial charge on any atom is -0.366 e. The van der Waals surface area contributed by atoms with E-state index in [4.69, 9.17) is 0 Å². The topological polar surface area (TPSA) is 54.0 Å². The highest BCUT2D eigenvalue weighted by Gasteiger charge is 2.07. The Labute approximate surface area is 141 Å². The van der Waals surface area contributed by atoms with Crippen LogP contribution in [0.4, 0.5) is 11.5 Å². The van der Waals surface area contributed by atoms with Gasteiger partial charge in [-0.1, -0.05) is 42.5 Å². The Bertz CT molecular complexity index is 814. The van der Waals surface area contributed by atoms with Crippen LogP contribution in [0, 0.1) is 6.92 Å². The van der Waals surface area contributed by atoms with Crippen molar-refractivity contribution in [2.24, 2.45) is 0 Å². The van der Waals surface area contributed by atoms with Crippen molar-refractivity contribution in [3.8, 4) is 0 Å². The van der Waals surface area contributed by atoms with E-state index in [0.717, 1.165) is 17.1 Å². The quantitative estimate of drug-likeness (QED) is 0.739. The van der Waals surface area contributed by atoms with E-state index < -0.39 is 0 Å². The number of aryl methyl sites for hydroxylation is 1. The number of amides is 1. The smallest absolute Gasteiger partial charge is 0.257 e. The normalized spacial score (nSPS) is 10.2. The fourth-order valence-corrected chi connectivity index (χ4v) is 2.35. The molecule has 4 heteroatoms. The second-order valence-corrected chi connectivity index (χ2v) is 5.59. The minimum absolute atomic E-state index is 0.164. The largest absolute Gasteiger partial charge is 0.366 e. The molecule has 0 aliphatic carbocycles. The van der Waals surface area contributed by atoms with Crippen molar-refractivity contribution in [3.05, 3.63) is 89.6 Å². The summed E-state index contributed by atoms with van der Waals surface area (Å²) in [6, 6.07) is 21.4. The van der Waals surface area contributed by atoms with E-state index >= 15 is 0 Å². The molecule has 0 aliphatic rings. The zero-order valence-corrected chi connectivity index (χ0v) is 13.5. The number of pyridine rings is 1. The first-order chi connectivity index (χ1) is 11.7. The number of aromatic nitrogens is 1. The zero-order valence-electron chi connectivity index (χ0n) is 13.5. The van der Waals surface area contributed by atoms with E-state index in [1.807, 2.05) is 55.5 Å². The first-order valence-electron chi connectivity index (χ1n) is 7.82. The van der Waals surface area contributed by atoms with Crippen molar-refractivity contribution < 1.29 is 4.79 Å². The molecule has 0 aliphatic heterocycles. The van der Waals surface area contributed by atoms with Crippen LogP contribution in [0.2, 0.25) is 0 Å². The molecule has 3 aromatic rings. The minimum atomic E-state index is -0.164. The van der Waals surface area contributed by atoms with Crippen molar-refractivity contribution in [1.82, 2.24) is 4.98 Å². The molecule has 1 aromatic heterocycles. The van der Waals surface area contributed by atoms with Gasteiger partial charge in [0.1, 0.15) is 5.82 Å². The average molecular weight is 317 g/mol. The molecule has 0 fully saturated rings. The van der Waals surface area contributed by atoms with Crippen molar-refractivity contribution in [2.45, 2.75) is 13.5 Å². The molecule has 2 N–H and O–H groups in total. The Morgan fingerprint density at radius 2 is 1.83 bits per heavy atom. The van der Waals surface area contributed by atoms with Gasteiger partial charge in [0.25, 0.3) is 5.91 Å².